The Morgan fingerprint density at radius 2 is 2.16 bits per heavy atom. The minimum Gasteiger partial charge on any atom is -0.495 e. The van der Waals surface area contributed by atoms with E-state index < -0.39 is 0 Å². The molecule has 25 heavy (non-hydrogen) atoms. The van der Waals surface area contributed by atoms with Crippen LogP contribution in [0.5, 0.6) is 0 Å². The summed E-state index contributed by atoms with van der Waals surface area (Å²) in [6.07, 6.45) is 2.04. The molecule has 1 N–H and O–H groups in total. The number of amides is 1. The Bertz CT molecular complexity index is 968. The Morgan fingerprint density at radius 1 is 1.40 bits per heavy atom. The van der Waals surface area contributed by atoms with Crippen molar-refractivity contribution < 1.29 is 9.53 Å². The summed E-state index contributed by atoms with van der Waals surface area (Å²) in [4.78, 5) is 17.2. The van der Waals surface area contributed by atoms with Crippen molar-refractivity contribution in [2.45, 2.75) is 6.32 Å². The van der Waals surface area contributed by atoms with Crippen molar-refractivity contribution in [3.05, 3.63) is 71.1 Å². The largest absolute Gasteiger partial charge is 0.495 e. The number of methoxy groups -OCH3 is 1. The van der Waals surface area contributed by atoms with Gasteiger partial charge < -0.3 is 14.5 Å². The molecule has 0 aliphatic carbocycles. The van der Waals surface area contributed by atoms with E-state index in [4.69, 9.17) is 24.2 Å². The summed E-state index contributed by atoms with van der Waals surface area (Å²) < 4.78 is 6.92. The van der Waals surface area contributed by atoms with E-state index >= 15 is 0 Å². The molecule has 5 nitrogen and oxygen atoms in total. The molecule has 124 valence electrons. The van der Waals surface area contributed by atoms with Gasteiger partial charge in [0.15, 0.2) is 5.65 Å². The van der Waals surface area contributed by atoms with Crippen LogP contribution in [0, 0.1) is 0 Å². The lowest BCUT2D eigenvalue weighted by Crippen LogP contribution is -2.13. The van der Waals surface area contributed by atoms with Gasteiger partial charge >= 0.3 is 0 Å². The fraction of sp³-hybridized carbons (Fsp3) is 0.111. The molecule has 2 aromatic heterocycles. The van der Waals surface area contributed by atoms with Gasteiger partial charge in [0.25, 0.3) is 5.91 Å². The molecule has 7 heteroatoms. The second kappa shape index (κ2) is 7.03. The number of rotatable bonds is 5. The summed E-state index contributed by atoms with van der Waals surface area (Å²) in [7, 11) is 7.33. The van der Waals surface area contributed by atoms with E-state index in [1.54, 1.807) is 47.0 Å². The van der Waals surface area contributed by atoms with Gasteiger partial charge in [-0.1, -0.05) is 30.3 Å². The smallest absolute Gasteiger partial charge is 0.259 e. The maximum atomic E-state index is 12.7. The SMILES string of the molecule is [B]Cc1cc(C(=C)OC)nc2c(C(=O)Nc3ccccc3Cl)ccn12. The highest BCUT2D eigenvalue weighted by molar-refractivity contribution is 6.34. The van der Waals surface area contributed by atoms with E-state index in [0.29, 0.717) is 33.4 Å². The fourth-order valence-corrected chi connectivity index (χ4v) is 2.66. The molecule has 0 aliphatic heterocycles. The monoisotopic (exact) mass is 351 g/mol. The van der Waals surface area contributed by atoms with E-state index in [2.05, 4.69) is 16.9 Å². The Hall–Kier alpha value is -2.73. The fourth-order valence-electron chi connectivity index (χ4n) is 2.48. The van der Waals surface area contributed by atoms with Gasteiger partial charge in [0.2, 0.25) is 0 Å². The number of carbonyl (C=O) groups excluding carboxylic acids is 1. The number of nitrogens with zero attached hydrogens (tertiary/aromatic N) is 2. The molecule has 3 aromatic rings. The molecule has 2 heterocycles. The van der Waals surface area contributed by atoms with Crippen LogP contribution in [0.4, 0.5) is 5.69 Å². The summed E-state index contributed by atoms with van der Waals surface area (Å²) in [6, 6.07) is 10.5. The van der Waals surface area contributed by atoms with Gasteiger partial charge in [-0.05, 0) is 30.6 Å². The Balaban J connectivity index is 2.05. The number of anilines is 1. The standard InChI is InChI=1S/C18H15BClN3O2/c1-11(25-2)16-9-12(10-19)23-8-7-13(17(23)21-16)18(24)22-15-6-4-3-5-14(15)20/h3-9H,1,10H2,2H3,(H,22,24). The van der Waals surface area contributed by atoms with E-state index in [0.717, 1.165) is 5.69 Å². The maximum Gasteiger partial charge on any atom is 0.259 e. The minimum absolute atomic E-state index is 0.281. The first-order valence-corrected chi connectivity index (χ1v) is 7.93. The molecule has 2 radical (unpaired) electrons. The number of ether oxygens (including phenoxy) is 1. The van der Waals surface area contributed by atoms with Crippen LogP contribution in [-0.4, -0.2) is 30.2 Å². The van der Waals surface area contributed by atoms with Gasteiger partial charge in [-0.3, -0.25) is 4.79 Å². The third-order valence-electron chi connectivity index (χ3n) is 3.81. The molecule has 3 rings (SSSR count). The maximum absolute atomic E-state index is 12.7. The number of hydrogen-bond donors (Lipinski definition) is 1. The molecular formula is C18H15BClN3O2. The van der Waals surface area contributed by atoms with Crippen LogP contribution in [-0.2, 0) is 11.1 Å². The number of aromatic nitrogens is 2. The molecule has 1 aromatic carbocycles. The van der Waals surface area contributed by atoms with Gasteiger partial charge in [0.05, 0.1) is 31.2 Å². The van der Waals surface area contributed by atoms with Crippen molar-refractivity contribution in [1.29, 1.82) is 0 Å². The first-order valence-electron chi connectivity index (χ1n) is 7.55. The quantitative estimate of drug-likeness (QED) is 0.565. The van der Waals surface area contributed by atoms with Crippen molar-refractivity contribution in [2.24, 2.45) is 0 Å². The summed E-state index contributed by atoms with van der Waals surface area (Å²) >= 11 is 6.10. The zero-order valence-electron chi connectivity index (χ0n) is 13.6. The average Bonchev–Trinajstić information content (AvgIpc) is 3.06. The molecule has 0 unspecified atom stereocenters. The van der Waals surface area contributed by atoms with E-state index in [9.17, 15) is 4.79 Å². The lowest BCUT2D eigenvalue weighted by atomic mass is 10.0. The highest BCUT2D eigenvalue weighted by Gasteiger charge is 2.17. The van der Waals surface area contributed by atoms with Gasteiger partial charge in [0.1, 0.15) is 11.5 Å². The molecule has 0 atom stereocenters. The van der Waals surface area contributed by atoms with Crippen LogP contribution in [0.2, 0.25) is 5.02 Å². The lowest BCUT2D eigenvalue weighted by molar-refractivity contribution is 0.102. The lowest BCUT2D eigenvalue weighted by Gasteiger charge is -2.10. The van der Waals surface area contributed by atoms with Crippen LogP contribution < -0.4 is 5.32 Å². The predicted molar refractivity (Wildman–Crippen MR) is 100 cm³/mol. The Kier molecular flexibility index (Phi) is 4.81. The van der Waals surface area contributed by atoms with Crippen molar-refractivity contribution in [2.75, 3.05) is 12.4 Å². The van der Waals surface area contributed by atoms with Gasteiger partial charge in [-0.25, -0.2) is 4.98 Å². The van der Waals surface area contributed by atoms with Crippen molar-refractivity contribution >= 4 is 42.4 Å². The van der Waals surface area contributed by atoms with Crippen molar-refractivity contribution in [3.8, 4) is 0 Å². The zero-order chi connectivity index (χ0) is 18.0. The van der Waals surface area contributed by atoms with Crippen LogP contribution in [0.15, 0.2) is 49.2 Å². The van der Waals surface area contributed by atoms with Crippen LogP contribution in [0.3, 0.4) is 0 Å². The molecule has 0 saturated carbocycles. The summed E-state index contributed by atoms with van der Waals surface area (Å²) in [5.41, 5.74) is 2.72. The first-order chi connectivity index (χ1) is 12.0. The molecule has 0 bridgehead atoms. The highest BCUT2D eigenvalue weighted by atomic mass is 35.5. The van der Waals surface area contributed by atoms with Gasteiger partial charge in [0, 0.05) is 11.9 Å². The van der Waals surface area contributed by atoms with E-state index in [-0.39, 0.29) is 12.2 Å². The van der Waals surface area contributed by atoms with Crippen molar-refractivity contribution in [1.82, 2.24) is 9.38 Å². The molecule has 1 amide bonds. The zero-order valence-corrected chi connectivity index (χ0v) is 14.4. The molecule has 0 fully saturated rings. The van der Waals surface area contributed by atoms with Crippen LogP contribution in [0.1, 0.15) is 21.7 Å². The second-order valence-corrected chi connectivity index (χ2v) is 5.73. The number of hydrogen-bond acceptors (Lipinski definition) is 3. The molecule has 0 saturated heterocycles. The topological polar surface area (TPSA) is 55.6 Å². The summed E-state index contributed by atoms with van der Waals surface area (Å²) in [5.74, 6) is 0.0853. The first kappa shape index (κ1) is 17.1. The molecule has 0 spiro atoms. The average molecular weight is 352 g/mol. The third-order valence-corrected chi connectivity index (χ3v) is 4.14. The van der Waals surface area contributed by atoms with E-state index in [1.807, 2.05) is 0 Å². The van der Waals surface area contributed by atoms with Gasteiger partial charge in [-0.15, -0.1) is 0 Å². The van der Waals surface area contributed by atoms with E-state index in [1.165, 1.54) is 7.11 Å². The number of para-hydroxylation sites is 1. The van der Waals surface area contributed by atoms with Crippen molar-refractivity contribution in [3.63, 3.8) is 0 Å². The highest BCUT2D eigenvalue weighted by Crippen LogP contribution is 2.23. The Morgan fingerprint density at radius 3 is 2.84 bits per heavy atom. The van der Waals surface area contributed by atoms with Crippen LogP contribution >= 0.6 is 11.6 Å². The van der Waals surface area contributed by atoms with Crippen LogP contribution in [0.25, 0.3) is 11.4 Å². The Labute approximate surface area is 151 Å². The molecule has 0 aliphatic rings. The third kappa shape index (κ3) is 3.26. The van der Waals surface area contributed by atoms with Gasteiger partial charge in [-0.2, -0.15) is 0 Å². The normalized spacial score (nSPS) is 10.6. The number of benzene rings is 1. The number of carbonyl (C=O) groups is 1. The summed E-state index contributed by atoms with van der Waals surface area (Å²) in [5, 5.41) is 3.26. The number of halogens is 1. The molecular weight excluding hydrogens is 336 g/mol. The number of nitrogens with one attached hydrogen (secondary N) is 1. The minimum atomic E-state index is -0.314. The number of fused-ring (bicyclic) bond motifs is 1. The second-order valence-electron chi connectivity index (χ2n) is 5.32. The summed E-state index contributed by atoms with van der Waals surface area (Å²) in [6.45, 7) is 3.81. The predicted octanol–water partition coefficient (Wildman–Crippen LogP) is 3.53.